The summed E-state index contributed by atoms with van der Waals surface area (Å²) in [6.45, 7) is 5.64. The molecule has 3 heteroatoms. The Morgan fingerprint density at radius 2 is 2.24 bits per heavy atom. The quantitative estimate of drug-likeness (QED) is 0.642. The van der Waals surface area contributed by atoms with Gasteiger partial charge in [-0.15, -0.1) is 12.3 Å². The van der Waals surface area contributed by atoms with Gasteiger partial charge in [0.1, 0.15) is 5.75 Å². The van der Waals surface area contributed by atoms with Gasteiger partial charge in [-0.2, -0.15) is 0 Å². The van der Waals surface area contributed by atoms with E-state index in [1.807, 2.05) is 18.2 Å². The second-order valence-corrected chi connectivity index (χ2v) is 4.95. The lowest BCUT2D eigenvalue weighted by molar-refractivity contribution is 0.326. The summed E-state index contributed by atoms with van der Waals surface area (Å²) in [5.74, 6) is 3.42. The van der Waals surface area contributed by atoms with E-state index >= 15 is 0 Å². The summed E-state index contributed by atoms with van der Waals surface area (Å²) in [4.78, 5) is 0. The van der Waals surface area contributed by atoms with E-state index in [9.17, 15) is 0 Å². The van der Waals surface area contributed by atoms with Crippen LogP contribution < -0.4 is 10.1 Å². The summed E-state index contributed by atoms with van der Waals surface area (Å²) >= 11 is 3.53. The fourth-order valence-corrected chi connectivity index (χ4v) is 1.71. The highest BCUT2D eigenvalue weighted by molar-refractivity contribution is 9.10. The molecule has 1 aromatic carbocycles. The highest BCUT2D eigenvalue weighted by Gasteiger charge is 2.03. The summed E-state index contributed by atoms with van der Waals surface area (Å²) in [5, 5.41) is 3.38. The number of benzene rings is 1. The normalized spacial score (nSPS) is 10.3. The summed E-state index contributed by atoms with van der Waals surface area (Å²) < 4.78 is 6.65. The van der Waals surface area contributed by atoms with Crippen molar-refractivity contribution in [1.29, 1.82) is 0 Å². The minimum Gasteiger partial charge on any atom is -0.493 e. The second-order valence-electron chi connectivity index (χ2n) is 4.09. The summed E-state index contributed by atoms with van der Waals surface area (Å²) in [5.41, 5.74) is 1.19. The van der Waals surface area contributed by atoms with E-state index in [-0.39, 0.29) is 0 Å². The highest BCUT2D eigenvalue weighted by Crippen LogP contribution is 2.22. The van der Waals surface area contributed by atoms with Gasteiger partial charge >= 0.3 is 0 Å². The largest absolute Gasteiger partial charge is 0.493 e. The van der Waals surface area contributed by atoms with Crippen molar-refractivity contribution in [3.63, 3.8) is 0 Å². The van der Waals surface area contributed by atoms with Gasteiger partial charge < -0.3 is 10.1 Å². The molecule has 1 N–H and O–H groups in total. The molecular formula is C14H18BrNO. The lowest BCUT2D eigenvalue weighted by Crippen LogP contribution is -2.22. The van der Waals surface area contributed by atoms with Gasteiger partial charge in [0.15, 0.2) is 0 Å². The lowest BCUT2D eigenvalue weighted by atomic mass is 10.2. The number of hydrogen-bond donors (Lipinski definition) is 1. The molecule has 0 fully saturated rings. The molecule has 0 atom stereocenters. The van der Waals surface area contributed by atoms with Crippen molar-refractivity contribution in [3.05, 3.63) is 28.2 Å². The Bertz CT molecular complexity index is 396. The zero-order valence-corrected chi connectivity index (χ0v) is 11.9. The molecule has 0 aliphatic heterocycles. The molecule has 0 radical (unpaired) electrons. The van der Waals surface area contributed by atoms with Crippen LogP contribution >= 0.6 is 15.9 Å². The zero-order chi connectivity index (χ0) is 12.7. The van der Waals surface area contributed by atoms with Crippen LogP contribution in [-0.4, -0.2) is 12.6 Å². The fourth-order valence-electron chi connectivity index (χ4n) is 1.32. The van der Waals surface area contributed by atoms with Crippen LogP contribution in [0.5, 0.6) is 5.75 Å². The third-order valence-corrected chi connectivity index (χ3v) is 3.01. The van der Waals surface area contributed by atoms with Gasteiger partial charge in [0.25, 0.3) is 0 Å². The van der Waals surface area contributed by atoms with E-state index in [2.05, 4.69) is 41.0 Å². The fraction of sp³-hybridized carbons (Fsp3) is 0.429. The zero-order valence-electron chi connectivity index (χ0n) is 10.3. The maximum Gasteiger partial charge on any atom is 0.119 e. The Morgan fingerprint density at radius 3 is 2.88 bits per heavy atom. The Labute approximate surface area is 112 Å². The van der Waals surface area contributed by atoms with Gasteiger partial charge in [-0.25, -0.2) is 0 Å². The van der Waals surface area contributed by atoms with E-state index in [0.29, 0.717) is 19.1 Å². The van der Waals surface area contributed by atoms with Crippen LogP contribution in [0.3, 0.4) is 0 Å². The van der Waals surface area contributed by atoms with Crippen molar-refractivity contribution in [2.24, 2.45) is 0 Å². The molecule has 92 valence electrons. The standard InChI is InChI=1S/C14H18BrNO/c1-4-5-8-17-13-6-7-14(15)12(9-13)10-16-11(2)3/h1,6-7,9,11,16H,5,8,10H2,2-3H3. The average Bonchev–Trinajstić information content (AvgIpc) is 2.29. The molecule has 2 nitrogen and oxygen atoms in total. The minimum absolute atomic E-state index is 0.466. The van der Waals surface area contributed by atoms with Crippen LogP contribution in [0.4, 0.5) is 0 Å². The number of halogens is 1. The maximum atomic E-state index is 5.56. The van der Waals surface area contributed by atoms with Crippen LogP contribution in [0.2, 0.25) is 0 Å². The highest BCUT2D eigenvalue weighted by atomic mass is 79.9. The van der Waals surface area contributed by atoms with Gasteiger partial charge in [-0.05, 0) is 23.8 Å². The maximum absolute atomic E-state index is 5.56. The van der Waals surface area contributed by atoms with E-state index in [0.717, 1.165) is 16.8 Å². The molecule has 1 aromatic rings. The first kappa shape index (κ1) is 14.1. The SMILES string of the molecule is C#CCCOc1ccc(Br)c(CNC(C)C)c1. The van der Waals surface area contributed by atoms with Crippen LogP contribution in [0.1, 0.15) is 25.8 Å². The molecule has 0 saturated carbocycles. The molecule has 0 unspecified atom stereocenters. The molecule has 17 heavy (non-hydrogen) atoms. The van der Waals surface area contributed by atoms with Crippen LogP contribution in [0.15, 0.2) is 22.7 Å². The van der Waals surface area contributed by atoms with Crippen molar-refractivity contribution in [2.75, 3.05) is 6.61 Å². The van der Waals surface area contributed by atoms with Crippen molar-refractivity contribution < 1.29 is 4.74 Å². The third-order valence-electron chi connectivity index (χ3n) is 2.23. The Kier molecular flexibility index (Phi) is 6.10. The third kappa shape index (κ3) is 5.25. The molecular weight excluding hydrogens is 278 g/mol. The molecule has 0 bridgehead atoms. The molecule has 0 aliphatic carbocycles. The Balaban J connectivity index is 2.63. The van der Waals surface area contributed by atoms with E-state index < -0.39 is 0 Å². The molecule has 0 saturated heterocycles. The average molecular weight is 296 g/mol. The summed E-state index contributed by atoms with van der Waals surface area (Å²) in [6, 6.07) is 6.45. The molecule has 0 amide bonds. The van der Waals surface area contributed by atoms with Gasteiger partial charge in [-0.1, -0.05) is 29.8 Å². The van der Waals surface area contributed by atoms with Crippen molar-refractivity contribution >= 4 is 15.9 Å². The summed E-state index contributed by atoms with van der Waals surface area (Å²) in [6.07, 6.45) is 5.81. The molecule has 0 spiro atoms. The van der Waals surface area contributed by atoms with E-state index in [1.54, 1.807) is 0 Å². The smallest absolute Gasteiger partial charge is 0.119 e. The van der Waals surface area contributed by atoms with E-state index in [1.165, 1.54) is 5.56 Å². The predicted molar refractivity (Wildman–Crippen MR) is 75.1 cm³/mol. The first-order chi connectivity index (χ1) is 8.13. The summed E-state index contributed by atoms with van der Waals surface area (Å²) in [7, 11) is 0. The molecule has 1 rings (SSSR count). The van der Waals surface area contributed by atoms with Gasteiger partial charge in [-0.3, -0.25) is 0 Å². The van der Waals surface area contributed by atoms with Crippen LogP contribution in [0, 0.1) is 12.3 Å². The minimum atomic E-state index is 0.466. The van der Waals surface area contributed by atoms with Gasteiger partial charge in [0, 0.05) is 23.5 Å². The number of rotatable bonds is 6. The van der Waals surface area contributed by atoms with E-state index in [4.69, 9.17) is 11.2 Å². The van der Waals surface area contributed by atoms with Crippen molar-refractivity contribution in [3.8, 4) is 18.1 Å². The van der Waals surface area contributed by atoms with Crippen LogP contribution in [-0.2, 0) is 6.54 Å². The monoisotopic (exact) mass is 295 g/mol. The van der Waals surface area contributed by atoms with Gasteiger partial charge in [0.05, 0.1) is 6.61 Å². The molecule has 0 aliphatic rings. The van der Waals surface area contributed by atoms with Crippen LogP contribution in [0.25, 0.3) is 0 Å². The second kappa shape index (κ2) is 7.37. The Morgan fingerprint density at radius 1 is 1.47 bits per heavy atom. The topological polar surface area (TPSA) is 21.3 Å². The first-order valence-electron chi connectivity index (χ1n) is 5.71. The van der Waals surface area contributed by atoms with Crippen molar-refractivity contribution in [1.82, 2.24) is 5.32 Å². The number of ether oxygens (including phenoxy) is 1. The van der Waals surface area contributed by atoms with Gasteiger partial charge in [0.2, 0.25) is 0 Å². The number of terminal acetylenes is 1. The number of hydrogen-bond acceptors (Lipinski definition) is 2. The Hall–Kier alpha value is -0.980. The number of nitrogens with one attached hydrogen (secondary N) is 1. The first-order valence-corrected chi connectivity index (χ1v) is 6.51. The lowest BCUT2D eigenvalue weighted by Gasteiger charge is -2.11. The van der Waals surface area contributed by atoms with Crippen molar-refractivity contribution in [2.45, 2.75) is 32.9 Å². The predicted octanol–water partition coefficient (Wildman–Crippen LogP) is 3.35. The molecule has 0 aromatic heterocycles. The molecule has 0 heterocycles.